The predicted octanol–water partition coefficient (Wildman–Crippen LogP) is 6.47. The molecule has 0 N–H and O–H groups in total. The summed E-state index contributed by atoms with van der Waals surface area (Å²) in [5.74, 6) is -0.713. The van der Waals surface area contributed by atoms with Crippen LogP contribution in [0.2, 0.25) is 0 Å². The van der Waals surface area contributed by atoms with E-state index in [0.717, 1.165) is 29.1 Å². The van der Waals surface area contributed by atoms with Gasteiger partial charge in [0.05, 0.1) is 4.90 Å². The molecule has 1 aromatic carbocycles. The Morgan fingerprint density at radius 1 is 1.04 bits per heavy atom. The van der Waals surface area contributed by atoms with Crippen LogP contribution in [0.25, 0.3) is 0 Å². The smallest absolute Gasteiger partial charge is 0.213 e. The van der Waals surface area contributed by atoms with Crippen LogP contribution in [0, 0.1) is 12.3 Å². The highest BCUT2D eigenvalue weighted by Gasteiger charge is 2.42. The van der Waals surface area contributed by atoms with E-state index in [0.29, 0.717) is 5.70 Å². The lowest BCUT2D eigenvalue weighted by molar-refractivity contribution is 0.424. The quantitative estimate of drug-likeness (QED) is 0.356. The molecule has 0 aromatic heterocycles. The Morgan fingerprint density at radius 3 is 2.26 bits per heavy atom. The lowest BCUT2D eigenvalue weighted by atomic mass is 9.90. The van der Waals surface area contributed by atoms with Crippen LogP contribution in [0.1, 0.15) is 71.3 Å². The molecule has 0 saturated heterocycles. The van der Waals surface area contributed by atoms with Crippen LogP contribution in [-0.2, 0) is 10.0 Å². The topological polar surface area (TPSA) is 37.4 Å². The first-order chi connectivity index (χ1) is 12.7. The summed E-state index contributed by atoms with van der Waals surface area (Å²) < 4.78 is 41.7. The molecule has 1 aliphatic rings. The molecule has 2 rings (SSSR count). The van der Waals surface area contributed by atoms with Gasteiger partial charge in [-0.05, 0) is 38.0 Å². The van der Waals surface area contributed by atoms with Crippen molar-refractivity contribution in [1.82, 2.24) is 4.31 Å². The molecule has 0 fully saturated rings. The van der Waals surface area contributed by atoms with Crippen LogP contribution in [0.5, 0.6) is 0 Å². The second kappa shape index (κ2) is 9.05. The van der Waals surface area contributed by atoms with Crippen molar-refractivity contribution in [2.45, 2.75) is 77.5 Å². The number of rotatable bonds is 9. The fraction of sp³-hybridized carbons (Fsp3) is 0.545. The van der Waals surface area contributed by atoms with Gasteiger partial charge in [-0.2, -0.15) is 4.39 Å². The van der Waals surface area contributed by atoms with Crippen LogP contribution in [0.15, 0.2) is 53.0 Å². The Labute approximate surface area is 164 Å². The number of allylic oxidation sites excluding steroid dienone is 2. The molecule has 5 heteroatoms. The Morgan fingerprint density at radius 2 is 1.63 bits per heavy atom. The molecule has 150 valence electrons. The number of benzene rings is 1. The van der Waals surface area contributed by atoms with Crippen LogP contribution in [-0.4, -0.2) is 12.7 Å². The maximum absolute atomic E-state index is 14.7. The third kappa shape index (κ3) is 5.22. The summed E-state index contributed by atoms with van der Waals surface area (Å²) in [5.41, 5.74) is 0.823. The fourth-order valence-electron chi connectivity index (χ4n) is 3.38. The lowest BCUT2D eigenvalue weighted by Gasteiger charge is -2.26. The average molecular weight is 394 g/mol. The van der Waals surface area contributed by atoms with Gasteiger partial charge in [-0.15, -0.1) is 0 Å². The van der Waals surface area contributed by atoms with Gasteiger partial charge in [0.15, 0.2) is 0 Å². The molecule has 0 atom stereocenters. The number of hydrogen-bond donors (Lipinski definition) is 0. The minimum Gasteiger partial charge on any atom is -0.213 e. The van der Waals surface area contributed by atoms with E-state index < -0.39 is 21.4 Å². The maximum Gasteiger partial charge on any atom is 0.270 e. The second-order valence-corrected chi connectivity index (χ2v) is 9.70. The summed E-state index contributed by atoms with van der Waals surface area (Å²) in [7, 11) is -3.96. The molecule has 3 nitrogen and oxygen atoms in total. The minimum atomic E-state index is -3.96. The molecule has 0 saturated carbocycles. The molecular formula is C22H32FNO2S. The predicted molar refractivity (Wildman–Crippen MR) is 109 cm³/mol. The lowest BCUT2D eigenvalue weighted by Crippen LogP contribution is -2.29. The minimum absolute atomic E-state index is 0.111. The zero-order valence-corrected chi connectivity index (χ0v) is 17.8. The van der Waals surface area contributed by atoms with Crippen molar-refractivity contribution in [2.75, 3.05) is 0 Å². The van der Waals surface area contributed by atoms with E-state index in [1.54, 1.807) is 12.1 Å². The van der Waals surface area contributed by atoms with Crippen molar-refractivity contribution in [2.24, 2.45) is 5.41 Å². The standard InChI is InChI=1S/C22H32FNO2S/c1-5-6-7-8-9-10-11-12-20-22(3,4)17-21(23)24(20)27(25,26)19-15-13-18(2)14-16-19/h12-17H,5-11H2,1-4H3. The van der Waals surface area contributed by atoms with Gasteiger partial charge >= 0.3 is 0 Å². The molecular weight excluding hydrogens is 361 g/mol. The summed E-state index contributed by atoms with van der Waals surface area (Å²) in [4.78, 5) is 0.111. The molecule has 0 radical (unpaired) electrons. The SMILES string of the molecule is CCCCCCCCC=C1N(S(=O)(=O)c2ccc(C)cc2)C(F)=CC1(C)C. The van der Waals surface area contributed by atoms with Gasteiger partial charge in [0.2, 0.25) is 5.95 Å². The van der Waals surface area contributed by atoms with Gasteiger partial charge in [0.25, 0.3) is 10.0 Å². The third-order valence-electron chi connectivity index (χ3n) is 5.01. The fourth-order valence-corrected chi connectivity index (χ4v) is 4.92. The van der Waals surface area contributed by atoms with Crippen molar-refractivity contribution >= 4 is 10.0 Å². The van der Waals surface area contributed by atoms with E-state index in [4.69, 9.17) is 0 Å². The summed E-state index contributed by atoms with van der Waals surface area (Å²) in [5, 5.41) is 0. The average Bonchev–Trinajstić information content (AvgIpc) is 2.83. The van der Waals surface area contributed by atoms with Crippen molar-refractivity contribution < 1.29 is 12.8 Å². The van der Waals surface area contributed by atoms with E-state index >= 15 is 0 Å². The monoisotopic (exact) mass is 393 g/mol. The largest absolute Gasteiger partial charge is 0.270 e. The third-order valence-corrected chi connectivity index (χ3v) is 6.73. The highest BCUT2D eigenvalue weighted by atomic mass is 32.2. The van der Waals surface area contributed by atoms with Gasteiger partial charge in [0, 0.05) is 11.1 Å². The van der Waals surface area contributed by atoms with Crippen molar-refractivity contribution in [3.05, 3.63) is 53.6 Å². The Hall–Kier alpha value is -1.62. The summed E-state index contributed by atoms with van der Waals surface area (Å²) in [6.07, 6.45) is 11.1. The number of nitrogens with zero attached hydrogens (tertiary/aromatic N) is 1. The molecule has 1 heterocycles. The first kappa shape index (κ1) is 21.7. The first-order valence-corrected chi connectivity index (χ1v) is 11.3. The number of unbranched alkanes of at least 4 members (excludes halogenated alkanes) is 6. The number of aryl methyl sites for hydroxylation is 1. The van der Waals surface area contributed by atoms with Crippen molar-refractivity contribution in [1.29, 1.82) is 0 Å². The van der Waals surface area contributed by atoms with Gasteiger partial charge in [-0.25, -0.2) is 12.7 Å². The first-order valence-electron chi connectivity index (χ1n) is 9.91. The molecule has 0 amide bonds. The van der Waals surface area contributed by atoms with E-state index in [2.05, 4.69) is 6.92 Å². The van der Waals surface area contributed by atoms with Crippen LogP contribution in [0.3, 0.4) is 0 Å². The Bertz CT molecular complexity index is 792. The summed E-state index contributed by atoms with van der Waals surface area (Å²) in [6, 6.07) is 6.54. The van der Waals surface area contributed by atoms with Crippen molar-refractivity contribution in [3.8, 4) is 0 Å². The summed E-state index contributed by atoms with van der Waals surface area (Å²) in [6.45, 7) is 7.79. The van der Waals surface area contributed by atoms with E-state index in [-0.39, 0.29) is 4.90 Å². The van der Waals surface area contributed by atoms with E-state index in [1.165, 1.54) is 43.9 Å². The Kier molecular flexibility index (Phi) is 7.26. The normalized spacial score (nSPS) is 18.2. The molecule has 0 bridgehead atoms. The molecule has 1 aliphatic heterocycles. The van der Waals surface area contributed by atoms with E-state index in [9.17, 15) is 12.8 Å². The van der Waals surface area contributed by atoms with Crippen LogP contribution < -0.4 is 0 Å². The van der Waals surface area contributed by atoms with E-state index in [1.807, 2.05) is 26.8 Å². The molecule has 0 spiro atoms. The van der Waals surface area contributed by atoms with Gasteiger partial charge in [-0.1, -0.05) is 76.6 Å². The molecule has 1 aromatic rings. The highest BCUT2D eigenvalue weighted by Crippen LogP contribution is 2.44. The maximum atomic E-state index is 14.7. The number of hydrogen-bond acceptors (Lipinski definition) is 2. The molecule has 27 heavy (non-hydrogen) atoms. The summed E-state index contributed by atoms with van der Waals surface area (Å²) >= 11 is 0. The van der Waals surface area contributed by atoms with Crippen molar-refractivity contribution in [3.63, 3.8) is 0 Å². The zero-order valence-electron chi connectivity index (χ0n) is 17.0. The van der Waals surface area contributed by atoms with Crippen LogP contribution >= 0.6 is 0 Å². The van der Waals surface area contributed by atoms with Gasteiger partial charge in [0.1, 0.15) is 0 Å². The molecule has 0 aliphatic carbocycles. The van der Waals surface area contributed by atoms with Crippen LogP contribution in [0.4, 0.5) is 4.39 Å². The number of halogens is 1. The molecule has 0 unspecified atom stereocenters. The Balaban J connectivity index is 2.18. The number of sulfonamides is 1. The highest BCUT2D eigenvalue weighted by molar-refractivity contribution is 7.89. The zero-order chi connectivity index (χ0) is 20.1. The van der Waals surface area contributed by atoms with Gasteiger partial charge in [-0.3, -0.25) is 0 Å². The second-order valence-electron chi connectivity index (χ2n) is 7.92. The van der Waals surface area contributed by atoms with Gasteiger partial charge < -0.3 is 0 Å².